The highest BCUT2D eigenvalue weighted by atomic mass is 19.4. The van der Waals surface area contributed by atoms with Crippen LogP contribution in [0.5, 0.6) is 0 Å². The van der Waals surface area contributed by atoms with Gasteiger partial charge in [0.1, 0.15) is 29.9 Å². The summed E-state index contributed by atoms with van der Waals surface area (Å²) in [5, 5.41) is 21.7. The second-order valence-electron chi connectivity index (χ2n) is 8.68. The van der Waals surface area contributed by atoms with Gasteiger partial charge in [-0.25, -0.2) is 15.0 Å². The Morgan fingerprint density at radius 2 is 1.85 bits per heavy atom. The molecule has 5 rings (SSSR count). The maximum absolute atomic E-state index is 13.1. The highest BCUT2D eigenvalue weighted by Gasteiger charge is 2.45. The maximum atomic E-state index is 13.1. The van der Waals surface area contributed by atoms with E-state index in [1.807, 2.05) is 4.90 Å². The molecule has 1 aliphatic carbocycles. The topological polar surface area (TPSA) is 134 Å². The smallest absolute Gasteiger partial charge is 0.390 e. The third-order valence-electron chi connectivity index (χ3n) is 6.64. The molecule has 6 N–H and O–H groups in total. The molecule has 2 aliphatic rings. The molecule has 1 fully saturated rings. The quantitative estimate of drug-likeness (QED) is 0.457. The van der Waals surface area contributed by atoms with Crippen LogP contribution in [0.1, 0.15) is 23.1 Å². The average Bonchev–Trinajstić information content (AvgIpc) is 3.33. The Morgan fingerprint density at radius 1 is 1.06 bits per heavy atom. The van der Waals surface area contributed by atoms with Gasteiger partial charge in [-0.1, -0.05) is 24.3 Å². The van der Waals surface area contributed by atoms with E-state index in [-0.39, 0.29) is 12.0 Å². The zero-order valence-electron chi connectivity index (χ0n) is 17.9. The van der Waals surface area contributed by atoms with Gasteiger partial charge in [0.05, 0.1) is 23.2 Å². The van der Waals surface area contributed by atoms with E-state index in [9.17, 15) is 23.4 Å². The molecule has 3 heterocycles. The summed E-state index contributed by atoms with van der Waals surface area (Å²) in [6, 6.07) is 5.50. The van der Waals surface area contributed by atoms with Gasteiger partial charge in [-0.15, -0.1) is 0 Å². The molecular formula is C23H23F3N6O2. The minimum atomic E-state index is -4.58. The number of rotatable bonds is 3. The molecule has 4 unspecified atom stereocenters. The fourth-order valence-corrected chi connectivity index (χ4v) is 4.87. The summed E-state index contributed by atoms with van der Waals surface area (Å²) in [4.78, 5) is 14.2. The maximum Gasteiger partial charge on any atom is 0.419 e. The van der Waals surface area contributed by atoms with Gasteiger partial charge in [0.25, 0.3) is 0 Å². The van der Waals surface area contributed by atoms with Crippen molar-refractivity contribution in [3.63, 3.8) is 0 Å². The lowest BCUT2D eigenvalue weighted by Gasteiger charge is -2.28. The number of aromatic nitrogens is 3. The molecule has 11 heteroatoms. The van der Waals surface area contributed by atoms with Crippen LogP contribution < -0.4 is 16.4 Å². The summed E-state index contributed by atoms with van der Waals surface area (Å²) in [6.45, 7) is 0.626. The highest BCUT2D eigenvalue weighted by Crippen LogP contribution is 2.39. The summed E-state index contributed by atoms with van der Waals surface area (Å²) in [7, 11) is 0. The normalized spacial score (nSPS) is 24.9. The van der Waals surface area contributed by atoms with Crippen molar-refractivity contribution in [3.8, 4) is 0 Å². The number of aliphatic hydroxyl groups is 2. The molecule has 0 radical (unpaired) electrons. The number of benzene rings is 1. The van der Waals surface area contributed by atoms with Crippen LogP contribution in [0, 0.1) is 5.92 Å². The van der Waals surface area contributed by atoms with Crippen LogP contribution >= 0.6 is 0 Å². The van der Waals surface area contributed by atoms with Crippen molar-refractivity contribution in [2.24, 2.45) is 5.92 Å². The first-order valence-electron chi connectivity index (χ1n) is 10.8. The number of hydrogen-bond donors (Lipinski definition) is 4. The lowest BCUT2D eigenvalue weighted by Crippen LogP contribution is -2.43. The van der Waals surface area contributed by atoms with Crippen molar-refractivity contribution < 1.29 is 23.4 Å². The number of nitrogens with two attached hydrogens (primary N) is 2. The van der Waals surface area contributed by atoms with Gasteiger partial charge < -0.3 is 26.6 Å². The van der Waals surface area contributed by atoms with Crippen LogP contribution in [0.2, 0.25) is 0 Å². The van der Waals surface area contributed by atoms with Gasteiger partial charge >= 0.3 is 6.18 Å². The molecule has 4 atom stereocenters. The van der Waals surface area contributed by atoms with E-state index in [0.717, 1.165) is 11.6 Å². The predicted molar refractivity (Wildman–Crippen MR) is 122 cm³/mol. The van der Waals surface area contributed by atoms with Crippen LogP contribution in [0.3, 0.4) is 0 Å². The fraction of sp³-hybridized carbons (Fsp3) is 0.348. The number of aliphatic hydroxyl groups excluding tert-OH is 2. The lowest BCUT2D eigenvalue weighted by atomic mass is 10.0. The second-order valence-corrected chi connectivity index (χ2v) is 8.68. The molecule has 2 aromatic heterocycles. The molecule has 3 aromatic rings. The van der Waals surface area contributed by atoms with Crippen molar-refractivity contribution in [1.29, 1.82) is 0 Å². The SMILES string of the molecule is Nc1nc2cc(/C=C/C3CC(N4CCc5c(N)ncnc54)C(O)C3O)ccc2cc1C(F)(F)F. The monoisotopic (exact) mass is 472 g/mol. The highest BCUT2D eigenvalue weighted by molar-refractivity contribution is 5.84. The Hall–Kier alpha value is -3.44. The van der Waals surface area contributed by atoms with E-state index < -0.39 is 29.8 Å². The number of hydrogen-bond acceptors (Lipinski definition) is 8. The van der Waals surface area contributed by atoms with Crippen LogP contribution in [-0.4, -0.2) is 50.0 Å². The number of halogens is 3. The molecule has 0 bridgehead atoms. The van der Waals surface area contributed by atoms with E-state index in [4.69, 9.17) is 11.5 Å². The van der Waals surface area contributed by atoms with E-state index >= 15 is 0 Å². The molecule has 0 amide bonds. The summed E-state index contributed by atoms with van der Waals surface area (Å²) < 4.78 is 39.2. The molecule has 1 aromatic carbocycles. The Balaban J connectivity index is 1.36. The minimum Gasteiger partial charge on any atom is -0.390 e. The summed E-state index contributed by atoms with van der Waals surface area (Å²) in [5.41, 5.74) is 12.4. The summed E-state index contributed by atoms with van der Waals surface area (Å²) in [6.07, 6.45) is -0.415. The fourth-order valence-electron chi connectivity index (χ4n) is 4.87. The molecule has 1 saturated carbocycles. The first-order chi connectivity index (χ1) is 16.1. The largest absolute Gasteiger partial charge is 0.419 e. The van der Waals surface area contributed by atoms with Gasteiger partial charge in [0.15, 0.2) is 0 Å². The number of nitrogens with zero attached hydrogens (tertiary/aromatic N) is 4. The minimum absolute atomic E-state index is 0.323. The van der Waals surface area contributed by atoms with Gasteiger partial charge in [0.2, 0.25) is 0 Å². The number of nitrogen functional groups attached to an aromatic ring is 2. The summed E-state index contributed by atoms with van der Waals surface area (Å²) >= 11 is 0. The Labute approximate surface area is 192 Å². The van der Waals surface area contributed by atoms with Gasteiger partial charge in [-0.3, -0.25) is 0 Å². The van der Waals surface area contributed by atoms with E-state index in [1.54, 1.807) is 30.4 Å². The van der Waals surface area contributed by atoms with Crippen LogP contribution in [0.4, 0.5) is 30.6 Å². The zero-order valence-corrected chi connectivity index (χ0v) is 17.9. The predicted octanol–water partition coefficient (Wildman–Crippen LogP) is 2.39. The second kappa shape index (κ2) is 8.10. The van der Waals surface area contributed by atoms with Crippen molar-refractivity contribution in [1.82, 2.24) is 15.0 Å². The lowest BCUT2D eigenvalue weighted by molar-refractivity contribution is -0.137. The van der Waals surface area contributed by atoms with Crippen molar-refractivity contribution in [2.45, 2.75) is 37.3 Å². The zero-order chi connectivity index (χ0) is 24.2. The third-order valence-corrected chi connectivity index (χ3v) is 6.64. The standard InChI is InChI=1S/C23H23F3N6O2/c24-23(25,26)15-8-12-3-1-11(7-16(12)31-21(15)28)2-4-13-9-17(19(34)18(13)33)32-6-5-14-20(27)29-10-30-22(14)32/h1-4,7-8,10,13,17-19,33-34H,5-6,9H2,(H2,28,31)(H2,27,29,30)/b4-2+. The van der Waals surface area contributed by atoms with E-state index in [2.05, 4.69) is 15.0 Å². The Kier molecular flexibility index (Phi) is 5.33. The number of alkyl halides is 3. The van der Waals surface area contributed by atoms with Gasteiger partial charge in [0, 0.05) is 23.4 Å². The summed E-state index contributed by atoms with van der Waals surface area (Å²) in [5.74, 6) is 0.202. The van der Waals surface area contributed by atoms with E-state index in [0.29, 0.717) is 47.5 Å². The molecule has 0 spiro atoms. The Bertz CT molecular complexity index is 1280. The molecule has 0 saturated heterocycles. The van der Waals surface area contributed by atoms with E-state index in [1.165, 1.54) is 6.33 Å². The molecule has 8 nitrogen and oxygen atoms in total. The Morgan fingerprint density at radius 3 is 2.62 bits per heavy atom. The molecular weight excluding hydrogens is 449 g/mol. The first-order valence-corrected chi connectivity index (χ1v) is 10.8. The van der Waals surface area contributed by atoms with Gasteiger partial charge in [-0.05, 0) is 30.5 Å². The average molecular weight is 472 g/mol. The number of pyridine rings is 1. The molecule has 34 heavy (non-hydrogen) atoms. The molecule has 1 aliphatic heterocycles. The third kappa shape index (κ3) is 3.80. The van der Waals surface area contributed by atoms with Gasteiger partial charge in [-0.2, -0.15) is 13.2 Å². The first kappa shape index (κ1) is 22.4. The number of anilines is 3. The van der Waals surface area contributed by atoms with Crippen molar-refractivity contribution >= 4 is 34.4 Å². The van der Waals surface area contributed by atoms with Crippen LogP contribution in [-0.2, 0) is 12.6 Å². The van der Waals surface area contributed by atoms with Crippen LogP contribution in [0.15, 0.2) is 36.7 Å². The molecule has 178 valence electrons. The van der Waals surface area contributed by atoms with Crippen molar-refractivity contribution in [3.05, 3.63) is 53.4 Å². The van der Waals surface area contributed by atoms with Crippen LogP contribution in [0.25, 0.3) is 17.0 Å². The number of fused-ring (bicyclic) bond motifs is 2. The van der Waals surface area contributed by atoms with Crippen molar-refractivity contribution in [2.75, 3.05) is 22.9 Å².